The summed E-state index contributed by atoms with van der Waals surface area (Å²) < 4.78 is 0. The number of benzene rings is 2. The number of hydrogen-bond acceptors (Lipinski definition) is 5. The number of nitrogens with one attached hydrogen (secondary N) is 2. The van der Waals surface area contributed by atoms with Gasteiger partial charge in [-0.1, -0.05) is 47.6 Å². The summed E-state index contributed by atoms with van der Waals surface area (Å²) in [5.41, 5.74) is 1.34. The lowest BCUT2D eigenvalue weighted by atomic mass is 10.2. The van der Waals surface area contributed by atoms with Crippen LogP contribution in [-0.2, 0) is 9.59 Å². The van der Waals surface area contributed by atoms with E-state index in [2.05, 4.69) is 15.6 Å². The molecule has 3 rings (SSSR count). The Bertz CT molecular complexity index is 939. The molecule has 2 aromatic rings. The van der Waals surface area contributed by atoms with Crippen molar-refractivity contribution in [3.63, 3.8) is 0 Å². The number of rotatable bonds is 4. The molecule has 0 aromatic heterocycles. The normalized spacial score (nSPS) is 17.6. The van der Waals surface area contributed by atoms with E-state index in [4.69, 9.17) is 16.9 Å². The number of amides is 2. The van der Waals surface area contributed by atoms with Gasteiger partial charge in [-0.25, -0.2) is 4.99 Å². The maximum absolute atomic E-state index is 12.2. The van der Waals surface area contributed by atoms with Gasteiger partial charge in [-0.05, 0) is 24.3 Å². The average molecular weight is 385 g/mol. The summed E-state index contributed by atoms with van der Waals surface area (Å²) in [4.78, 5) is 28.6. The number of carbonyl (C=O) groups excluding carboxylic acids is 2. The predicted molar refractivity (Wildman–Crippen MR) is 102 cm³/mol. The molecular weight excluding hydrogens is 372 g/mol. The van der Waals surface area contributed by atoms with E-state index in [0.717, 1.165) is 0 Å². The number of anilines is 1. The van der Waals surface area contributed by atoms with Gasteiger partial charge in [-0.15, -0.1) is 0 Å². The molecular formula is C18H13ClN4O2S. The van der Waals surface area contributed by atoms with Crippen LogP contribution in [0.5, 0.6) is 0 Å². The number of hydrogen-bond donors (Lipinski definition) is 2. The minimum absolute atomic E-state index is 0.0300. The number of thioether (sulfide) groups is 1. The second-order valence-corrected chi connectivity index (χ2v) is 6.97. The van der Waals surface area contributed by atoms with Crippen LogP contribution >= 0.6 is 23.4 Å². The van der Waals surface area contributed by atoms with E-state index in [9.17, 15) is 9.59 Å². The molecule has 1 aliphatic rings. The molecule has 6 nitrogen and oxygen atoms in total. The summed E-state index contributed by atoms with van der Waals surface area (Å²) in [6, 6.07) is 15.7. The zero-order valence-electron chi connectivity index (χ0n) is 13.4. The second-order valence-electron chi connectivity index (χ2n) is 5.37. The van der Waals surface area contributed by atoms with Crippen molar-refractivity contribution < 1.29 is 9.59 Å². The highest BCUT2D eigenvalue weighted by molar-refractivity contribution is 8.15. The van der Waals surface area contributed by atoms with E-state index in [-0.39, 0.29) is 18.2 Å². The Kier molecular flexibility index (Phi) is 5.56. The minimum Gasteiger partial charge on any atom is -0.325 e. The first kappa shape index (κ1) is 18.0. The molecule has 1 saturated heterocycles. The van der Waals surface area contributed by atoms with Crippen LogP contribution < -0.4 is 10.6 Å². The van der Waals surface area contributed by atoms with Crippen LogP contribution in [0, 0.1) is 11.3 Å². The fraction of sp³-hybridized carbons (Fsp3) is 0.111. The molecule has 1 heterocycles. The Morgan fingerprint density at radius 2 is 2.00 bits per heavy atom. The van der Waals surface area contributed by atoms with Gasteiger partial charge in [0.15, 0.2) is 5.17 Å². The number of aliphatic imine (C=N–C) groups is 1. The van der Waals surface area contributed by atoms with Crippen molar-refractivity contribution in [2.45, 2.75) is 11.7 Å². The maximum Gasteiger partial charge on any atom is 0.240 e. The zero-order chi connectivity index (χ0) is 18.5. The fourth-order valence-electron chi connectivity index (χ4n) is 2.30. The quantitative estimate of drug-likeness (QED) is 0.843. The van der Waals surface area contributed by atoms with Gasteiger partial charge >= 0.3 is 0 Å². The molecule has 2 amide bonds. The number of carbonyl (C=O) groups is 2. The summed E-state index contributed by atoms with van der Waals surface area (Å²) in [6.45, 7) is 0. The van der Waals surface area contributed by atoms with Crippen molar-refractivity contribution in [1.29, 1.82) is 5.26 Å². The van der Waals surface area contributed by atoms with Crippen molar-refractivity contribution in [3.05, 3.63) is 59.1 Å². The predicted octanol–water partition coefficient (Wildman–Crippen LogP) is 3.46. The van der Waals surface area contributed by atoms with Gasteiger partial charge in [0.2, 0.25) is 11.8 Å². The highest BCUT2D eigenvalue weighted by Crippen LogP contribution is 2.29. The molecule has 1 unspecified atom stereocenters. The smallest absolute Gasteiger partial charge is 0.240 e. The third kappa shape index (κ3) is 4.23. The van der Waals surface area contributed by atoms with Gasteiger partial charge in [0, 0.05) is 6.42 Å². The van der Waals surface area contributed by atoms with Crippen LogP contribution in [-0.4, -0.2) is 22.2 Å². The maximum atomic E-state index is 12.2. The average Bonchev–Trinajstić information content (AvgIpc) is 2.96. The standard InChI is InChI=1S/C18H13ClN4O2S/c19-12-6-2-4-8-14(12)22-18-23-17(25)15(26-18)9-16(24)21-13-7-3-1-5-11(13)10-20/h1-8,15H,9H2,(H,21,24)(H,22,23,25). The molecule has 2 N–H and O–H groups in total. The second kappa shape index (κ2) is 8.04. The van der Waals surface area contributed by atoms with Crippen LogP contribution in [0.3, 0.4) is 0 Å². The first-order valence-corrected chi connectivity index (χ1v) is 8.92. The van der Waals surface area contributed by atoms with Gasteiger partial charge in [-0.2, -0.15) is 5.26 Å². The summed E-state index contributed by atoms with van der Waals surface area (Å²) in [5, 5.41) is 14.7. The van der Waals surface area contributed by atoms with Gasteiger partial charge < -0.3 is 10.6 Å². The number of nitrogens with zero attached hydrogens (tertiary/aromatic N) is 2. The molecule has 0 spiro atoms. The Morgan fingerprint density at radius 1 is 1.27 bits per heavy atom. The fourth-order valence-corrected chi connectivity index (χ4v) is 3.46. The SMILES string of the molecule is N#Cc1ccccc1NC(=O)CC1SC(=Nc2ccccc2Cl)NC1=O. The number of halogens is 1. The lowest BCUT2D eigenvalue weighted by Gasteiger charge is -2.08. The highest BCUT2D eigenvalue weighted by Gasteiger charge is 2.32. The van der Waals surface area contributed by atoms with Crippen molar-refractivity contribution in [1.82, 2.24) is 5.32 Å². The molecule has 26 heavy (non-hydrogen) atoms. The van der Waals surface area contributed by atoms with Crippen molar-refractivity contribution in [3.8, 4) is 6.07 Å². The molecule has 8 heteroatoms. The number of nitriles is 1. The number of amidine groups is 1. The van der Waals surface area contributed by atoms with Crippen molar-refractivity contribution in [2.75, 3.05) is 5.32 Å². The molecule has 1 fully saturated rings. The summed E-state index contributed by atoms with van der Waals surface area (Å²) in [6.07, 6.45) is -0.0300. The minimum atomic E-state index is -0.592. The van der Waals surface area contributed by atoms with E-state index >= 15 is 0 Å². The molecule has 1 atom stereocenters. The van der Waals surface area contributed by atoms with E-state index in [1.54, 1.807) is 48.5 Å². The van der Waals surface area contributed by atoms with Gasteiger partial charge in [0.05, 0.1) is 22.0 Å². The Morgan fingerprint density at radius 3 is 2.77 bits per heavy atom. The van der Waals surface area contributed by atoms with Gasteiger partial charge in [0.1, 0.15) is 11.3 Å². The van der Waals surface area contributed by atoms with E-state index < -0.39 is 5.25 Å². The van der Waals surface area contributed by atoms with E-state index in [1.165, 1.54) is 11.8 Å². The van der Waals surface area contributed by atoms with Gasteiger partial charge in [0.25, 0.3) is 0 Å². The molecule has 130 valence electrons. The molecule has 2 aromatic carbocycles. The largest absolute Gasteiger partial charge is 0.325 e. The first-order valence-electron chi connectivity index (χ1n) is 7.66. The summed E-state index contributed by atoms with van der Waals surface area (Å²) in [7, 11) is 0. The molecule has 1 aliphatic heterocycles. The lowest BCUT2D eigenvalue weighted by Crippen LogP contribution is -2.28. The Labute approximate surface area is 159 Å². The van der Waals surface area contributed by atoms with Crippen LogP contribution in [0.2, 0.25) is 5.02 Å². The van der Waals surface area contributed by atoms with Crippen molar-refractivity contribution >= 4 is 51.7 Å². The van der Waals surface area contributed by atoms with E-state index in [0.29, 0.717) is 27.1 Å². The van der Waals surface area contributed by atoms with Crippen molar-refractivity contribution in [2.24, 2.45) is 4.99 Å². The Balaban J connectivity index is 1.66. The Hall–Kier alpha value is -2.82. The molecule has 0 aliphatic carbocycles. The summed E-state index contributed by atoms with van der Waals surface area (Å²) in [5.74, 6) is -0.635. The third-order valence-electron chi connectivity index (χ3n) is 3.54. The van der Waals surface area contributed by atoms with Gasteiger partial charge in [-0.3, -0.25) is 9.59 Å². The zero-order valence-corrected chi connectivity index (χ0v) is 15.0. The van der Waals surface area contributed by atoms with Crippen LogP contribution in [0.1, 0.15) is 12.0 Å². The molecule has 0 radical (unpaired) electrons. The molecule has 0 bridgehead atoms. The van der Waals surface area contributed by atoms with Crippen LogP contribution in [0.25, 0.3) is 0 Å². The monoisotopic (exact) mass is 384 g/mol. The number of para-hydroxylation sites is 2. The topological polar surface area (TPSA) is 94.3 Å². The third-order valence-corrected chi connectivity index (χ3v) is 4.94. The first-order chi connectivity index (χ1) is 12.6. The highest BCUT2D eigenvalue weighted by atomic mass is 35.5. The van der Waals surface area contributed by atoms with Crippen LogP contribution in [0.15, 0.2) is 53.5 Å². The lowest BCUT2D eigenvalue weighted by molar-refractivity contribution is -0.122. The van der Waals surface area contributed by atoms with E-state index in [1.807, 2.05) is 6.07 Å². The van der Waals surface area contributed by atoms with Crippen LogP contribution in [0.4, 0.5) is 11.4 Å². The molecule has 0 saturated carbocycles. The summed E-state index contributed by atoms with van der Waals surface area (Å²) >= 11 is 7.24.